The normalized spacial score (nSPS) is 15.9. The SMILES string of the molecule is COCCN(CCC(=N)N)C(=O)N1CCCCCC1. The molecule has 0 aromatic heterocycles. The second-order valence-corrected chi connectivity index (χ2v) is 4.94. The van der Waals surface area contributed by atoms with Crippen molar-refractivity contribution in [1.29, 1.82) is 5.41 Å². The molecule has 1 aliphatic rings. The lowest BCUT2D eigenvalue weighted by molar-refractivity contribution is 0.127. The van der Waals surface area contributed by atoms with E-state index in [1.54, 1.807) is 12.0 Å². The maximum atomic E-state index is 12.5. The molecule has 3 N–H and O–H groups in total. The third-order valence-electron chi connectivity index (χ3n) is 3.36. The zero-order valence-corrected chi connectivity index (χ0v) is 11.9. The molecule has 1 aliphatic heterocycles. The number of urea groups is 1. The van der Waals surface area contributed by atoms with Crippen molar-refractivity contribution in [2.24, 2.45) is 5.73 Å². The van der Waals surface area contributed by atoms with Crippen molar-refractivity contribution < 1.29 is 9.53 Å². The quantitative estimate of drug-likeness (QED) is 0.563. The van der Waals surface area contributed by atoms with Crippen LogP contribution in [0.4, 0.5) is 4.79 Å². The number of hydrogen-bond acceptors (Lipinski definition) is 3. The first-order chi connectivity index (χ1) is 9.15. The maximum absolute atomic E-state index is 12.5. The number of likely N-dealkylation sites (tertiary alicyclic amines) is 1. The van der Waals surface area contributed by atoms with Gasteiger partial charge in [-0.05, 0) is 12.8 Å². The molecule has 1 heterocycles. The number of nitrogens with zero attached hydrogens (tertiary/aromatic N) is 2. The van der Waals surface area contributed by atoms with E-state index in [9.17, 15) is 4.79 Å². The number of carbonyl (C=O) groups is 1. The van der Waals surface area contributed by atoms with Gasteiger partial charge in [0.15, 0.2) is 0 Å². The summed E-state index contributed by atoms with van der Waals surface area (Å²) >= 11 is 0. The van der Waals surface area contributed by atoms with Gasteiger partial charge in [0.2, 0.25) is 0 Å². The van der Waals surface area contributed by atoms with E-state index in [1.165, 1.54) is 12.8 Å². The number of ether oxygens (including phenoxy) is 1. The molecule has 0 saturated carbocycles. The van der Waals surface area contributed by atoms with Crippen molar-refractivity contribution in [3.8, 4) is 0 Å². The zero-order valence-electron chi connectivity index (χ0n) is 11.9. The van der Waals surface area contributed by atoms with Crippen molar-refractivity contribution in [1.82, 2.24) is 9.80 Å². The lowest BCUT2D eigenvalue weighted by Crippen LogP contribution is -2.46. The highest BCUT2D eigenvalue weighted by atomic mass is 16.5. The highest BCUT2D eigenvalue weighted by Gasteiger charge is 2.21. The zero-order chi connectivity index (χ0) is 14.1. The number of amides is 2. The molecule has 1 fully saturated rings. The summed E-state index contributed by atoms with van der Waals surface area (Å²) in [7, 11) is 1.62. The van der Waals surface area contributed by atoms with E-state index in [-0.39, 0.29) is 11.9 Å². The lowest BCUT2D eigenvalue weighted by atomic mass is 10.2. The van der Waals surface area contributed by atoms with E-state index in [2.05, 4.69) is 0 Å². The molecule has 0 spiro atoms. The first kappa shape index (κ1) is 15.8. The second kappa shape index (κ2) is 8.74. The van der Waals surface area contributed by atoms with Crippen LogP contribution in [0.2, 0.25) is 0 Å². The first-order valence-corrected chi connectivity index (χ1v) is 7.01. The minimum absolute atomic E-state index is 0.0557. The van der Waals surface area contributed by atoms with E-state index in [0.29, 0.717) is 26.1 Å². The monoisotopic (exact) mass is 270 g/mol. The van der Waals surface area contributed by atoms with Gasteiger partial charge in [-0.15, -0.1) is 0 Å². The Balaban J connectivity index is 2.54. The van der Waals surface area contributed by atoms with Crippen LogP contribution in [0.1, 0.15) is 32.1 Å². The summed E-state index contributed by atoms with van der Waals surface area (Å²) in [6.45, 7) is 3.23. The lowest BCUT2D eigenvalue weighted by Gasteiger charge is -2.29. The molecule has 0 aromatic carbocycles. The fourth-order valence-corrected chi connectivity index (χ4v) is 2.22. The van der Waals surface area contributed by atoms with Crippen molar-refractivity contribution in [2.75, 3.05) is 39.9 Å². The molecule has 0 aromatic rings. The van der Waals surface area contributed by atoms with Crippen molar-refractivity contribution >= 4 is 11.9 Å². The number of nitrogens with one attached hydrogen (secondary N) is 1. The molecule has 0 radical (unpaired) electrons. The van der Waals surface area contributed by atoms with Crippen molar-refractivity contribution in [3.63, 3.8) is 0 Å². The summed E-state index contributed by atoms with van der Waals surface area (Å²) in [6.07, 6.45) is 4.99. The van der Waals surface area contributed by atoms with Crippen LogP contribution in [0, 0.1) is 5.41 Å². The Hall–Kier alpha value is -1.30. The number of carbonyl (C=O) groups excluding carboxylic acids is 1. The third-order valence-corrected chi connectivity index (χ3v) is 3.36. The van der Waals surface area contributed by atoms with E-state index in [0.717, 1.165) is 25.9 Å². The standard InChI is InChI=1S/C13H26N4O2/c1-19-11-10-17(9-6-12(14)15)13(18)16-7-4-2-3-5-8-16/h2-11H2,1H3,(H3,14,15). The van der Waals surface area contributed by atoms with Gasteiger partial charge in [0.05, 0.1) is 12.4 Å². The van der Waals surface area contributed by atoms with Crippen molar-refractivity contribution in [2.45, 2.75) is 32.1 Å². The highest BCUT2D eigenvalue weighted by Crippen LogP contribution is 2.12. The number of rotatable bonds is 6. The van der Waals surface area contributed by atoms with Gasteiger partial charge in [-0.25, -0.2) is 4.79 Å². The Morgan fingerprint density at radius 3 is 2.42 bits per heavy atom. The van der Waals surface area contributed by atoms with E-state index in [4.69, 9.17) is 15.9 Å². The van der Waals surface area contributed by atoms with Gasteiger partial charge in [-0.2, -0.15) is 0 Å². The van der Waals surface area contributed by atoms with Crippen LogP contribution in [0.3, 0.4) is 0 Å². The summed E-state index contributed by atoms with van der Waals surface area (Å²) in [5, 5.41) is 7.28. The van der Waals surface area contributed by atoms with Crippen LogP contribution in [-0.4, -0.2) is 61.6 Å². The number of hydrogen-bond donors (Lipinski definition) is 2. The van der Waals surface area contributed by atoms with Gasteiger partial charge in [-0.1, -0.05) is 12.8 Å². The summed E-state index contributed by atoms with van der Waals surface area (Å²) in [5.74, 6) is 0.117. The van der Waals surface area contributed by atoms with Gasteiger partial charge >= 0.3 is 6.03 Å². The minimum Gasteiger partial charge on any atom is -0.388 e. The smallest absolute Gasteiger partial charge is 0.320 e. The van der Waals surface area contributed by atoms with E-state index < -0.39 is 0 Å². The third kappa shape index (κ3) is 5.92. The fourth-order valence-electron chi connectivity index (χ4n) is 2.22. The van der Waals surface area contributed by atoms with Crippen LogP contribution in [0.25, 0.3) is 0 Å². The Morgan fingerprint density at radius 2 is 1.89 bits per heavy atom. The molecule has 0 bridgehead atoms. The molecule has 2 amide bonds. The van der Waals surface area contributed by atoms with Crippen LogP contribution in [0.5, 0.6) is 0 Å². The Morgan fingerprint density at radius 1 is 1.26 bits per heavy atom. The average molecular weight is 270 g/mol. The number of methoxy groups -OCH3 is 1. The Labute approximate surface area is 115 Å². The van der Waals surface area contributed by atoms with Crippen molar-refractivity contribution in [3.05, 3.63) is 0 Å². The minimum atomic E-state index is 0.0557. The topological polar surface area (TPSA) is 82.6 Å². The molecule has 1 saturated heterocycles. The van der Waals surface area contributed by atoms with Crippen LogP contribution >= 0.6 is 0 Å². The van der Waals surface area contributed by atoms with Crippen LogP contribution in [-0.2, 0) is 4.74 Å². The molecule has 6 nitrogen and oxygen atoms in total. The number of nitrogens with two attached hydrogens (primary N) is 1. The Kier molecular flexibility index (Phi) is 7.25. The van der Waals surface area contributed by atoms with Gasteiger partial charge in [0.25, 0.3) is 0 Å². The van der Waals surface area contributed by atoms with E-state index >= 15 is 0 Å². The molecular formula is C13H26N4O2. The van der Waals surface area contributed by atoms with E-state index in [1.807, 2.05) is 4.90 Å². The van der Waals surface area contributed by atoms with Crippen LogP contribution in [0.15, 0.2) is 0 Å². The van der Waals surface area contributed by atoms with Gasteiger partial charge in [0, 0.05) is 39.7 Å². The molecule has 0 atom stereocenters. The summed E-state index contributed by atoms with van der Waals surface area (Å²) in [6, 6.07) is 0.0557. The van der Waals surface area contributed by atoms with Gasteiger partial charge in [0.1, 0.15) is 0 Å². The highest BCUT2D eigenvalue weighted by molar-refractivity contribution is 5.79. The molecule has 6 heteroatoms. The molecule has 1 rings (SSSR count). The molecule has 110 valence electrons. The first-order valence-electron chi connectivity index (χ1n) is 7.01. The molecule has 0 unspecified atom stereocenters. The summed E-state index contributed by atoms with van der Waals surface area (Å²) in [4.78, 5) is 16.1. The fraction of sp³-hybridized carbons (Fsp3) is 0.846. The number of amidine groups is 1. The average Bonchev–Trinajstić information content (AvgIpc) is 2.66. The summed E-state index contributed by atoms with van der Waals surface area (Å²) < 4.78 is 5.04. The molecule has 19 heavy (non-hydrogen) atoms. The Bertz CT molecular complexity index is 288. The largest absolute Gasteiger partial charge is 0.388 e. The van der Waals surface area contributed by atoms with Gasteiger partial charge < -0.3 is 20.3 Å². The predicted octanol–water partition coefficient (Wildman–Crippen LogP) is 1.26. The summed E-state index contributed by atoms with van der Waals surface area (Å²) in [5.41, 5.74) is 5.37. The molecular weight excluding hydrogens is 244 g/mol. The van der Waals surface area contributed by atoms with Gasteiger partial charge in [-0.3, -0.25) is 5.41 Å². The second-order valence-electron chi connectivity index (χ2n) is 4.94. The van der Waals surface area contributed by atoms with Crippen LogP contribution < -0.4 is 5.73 Å². The maximum Gasteiger partial charge on any atom is 0.320 e. The molecule has 0 aliphatic carbocycles. The predicted molar refractivity (Wildman–Crippen MR) is 75.4 cm³/mol.